The summed E-state index contributed by atoms with van der Waals surface area (Å²) in [4.78, 5) is 9.68. The van der Waals surface area contributed by atoms with E-state index in [9.17, 15) is 0 Å². The molecule has 86 valence electrons. The lowest BCUT2D eigenvalue weighted by Gasteiger charge is -2.02. The number of anilines is 1. The molecule has 0 radical (unpaired) electrons. The van der Waals surface area contributed by atoms with Crippen LogP contribution in [0.5, 0.6) is 0 Å². The minimum Gasteiger partial charge on any atom is -0.383 e. The second-order valence-electron chi connectivity index (χ2n) is 3.52. The summed E-state index contributed by atoms with van der Waals surface area (Å²) in [5, 5.41) is 7.09. The van der Waals surface area contributed by atoms with Gasteiger partial charge in [0.05, 0.1) is 15.2 Å². The summed E-state index contributed by atoms with van der Waals surface area (Å²) >= 11 is 3.79. The van der Waals surface area contributed by atoms with E-state index in [0.717, 1.165) is 13.8 Å². The van der Waals surface area contributed by atoms with Crippen molar-refractivity contribution in [2.45, 2.75) is 6.54 Å². The summed E-state index contributed by atoms with van der Waals surface area (Å²) in [6.07, 6.45) is 3.74. The topological polar surface area (TPSA) is 69.6 Å². The van der Waals surface area contributed by atoms with Gasteiger partial charge in [0.1, 0.15) is 17.2 Å². The molecule has 0 aliphatic rings. The van der Waals surface area contributed by atoms with Crippen LogP contribution in [-0.2, 0) is 6.54 Å². The van der Waals surface area contributed by atoms with E-state index in [-0.39, 0.29) is 0 Å². The molecular weight excluding hydrogens is 349 g/mol. The number of aromatic nitrogens is 4. The number of thiophene rings is 1. The van der Waals surface area contributed by atoms with Gasteiger partial charge >= 0.3 is 0 Å². The molecule has 0 aliphatic carbocycles. The molecule has 3 aromatic heterocycles. The SMILES string of the molecule is Nc1nc(Cn2cc(I)cn2)nc2sccc12. The maximum absolute atomic E-state index is 5.88. The number of hydrogen-bond donors (Lipinski definition) is 1. The smallest absolute Gasteiger partial charge is 0.153 e. The number of nitrogen functional groups attached to an aromatic ring is 1. The molecule has 0 unspecified atom stereocenters. The fraction of sp³-hybridized carbons (Fsp3) is 0.100. The van der Waals surface area contributed by atoms with Crippen LogP contribution in [0.4, 0.5) is 5.82 Å². The van der Waals surface area contributed by atoms with Crippen molar-refractivity contribution >= 4 is 50.0 Å². The lowest BCUT2D eigenvalue weighted by atomic mass is 10.4. The molecular formula is C10H8IN5S. The Morgan fingerprint density at radius 1 is 1.41 bits per heavy atom. The number of nitrogens with zero attached hydrogens (tertiary/aromatic N) is 4. The second kappa shape index (κ2) is 4.22. The highest BCUT2D eigenvalue weighted by molar-refractivity contribution is 14.1. The zero-order valence-electron chi connectivity index (χ0n) is 8.67. The Morgan fingerprint density at radius 2 is 2.29 bits per heavy atom. The van der Waals surface area contributed by atoms with Crippen molar-refractivity contribution in [3.8, 4) is 0 Å². The van der Waals surface area contributed by atoms with Crippen LogP contribution in [0.1, 0.15) is 5.82 Å². The Balaban J connectivity index is 2.00. The summed E-state index contributed by atoms with van der Waals surface area (Å²) in [5.41, 5.74) is 5.88. The quantitative estimate of drug-likeness (QED) is 0.714. The second-order valence-corrected chi connectivity index (χ2v) is 5.66. The van der Waals surface area contributed by atoms with Crippen LogP contribution in [0.2, 0.25) is 0 Å². The van der Waals surface area contributed by atoms with Crippen LogP contribution >= 0.6 is 33.9 Å². The maximum Gasteiger partial charge on any atom is 0.153 e. The maximum atomic E-state index is 5.88. The average Bonchev–Trinajstić information content (AvgIpc) is 2.87. The van der Waals surface area contributed by atoms with E-state index in [1.54, 1.807) is 22.2 Å². The van der Waals surface area contributed by atoms with E-state index in [2.05, 4.69) is 37.7 Å². The van der Waals surface area contributed by atoms with E-state index < -0.39 is 0 Å². The zero-order valence-corrected chi connectivity index (χ0v) is 11.6. The van der Waals surface area contributed by atoms with Gasteiger partial charge in [0.25, 0.3) is 0 Å². The van der Waals surface area contributed by atoms with Crippen LogP contribution < -0.4 is 5.73 Å². The monoisotopic (exact) mass is 357 g/mol. The first-order valence-electron chi connectivity index (χ1n) is 4.90. The van der Waals surface area contributed by atoms with Gasteiger partial charge in [0, 0.05) is 6.20 Å². The van der Waals surface area contributed by atoms with E-state index in [0.29, 0.717) is 18.2 Å². The van der Waals surface area contributed by atoms with Gasteiger partial charge in [-0.15, -0.1) is 11.3 Å². The van der Waals surface area contributed by atoms with Gasteiger partial charge in [-0.3, -0.25) is 4.68 Å². The summed E-state index contributed by atoms with van der Waals surface area (Å²) in [6, 6.07) is 1.94. The molecule has 3 rings (SSSR count). The third-order valence-electron chi connectivity index (χ3n) is 2.31. The van der Waals surface area contributed by atoms with Crippen molar-refractivity contribution in [3.05, 3.63) is 33.2 Å². The largest absolute Gasteiger partial charge is 0.383 e. The molecule has 0 saturated carbocycles. The summed E-state index contributed by atoms with van der Waals surface area (Å²) in [5.74, 6) is 1.23. The fourth-order valence-corrected chi connectivity index (χ4v) is 2.80. The molecule has 2 N–H and O–H groups in total. The van der Waals surface area contributed by atoms with Crippen LogP contribution in [0.25, 0.3) is 10.2 Å². The van der Waals surface area contributed by atoms with Gasteiger partial charge in [-0.1, -0.05) is 0 Å². The first-order chi connectivity index (χ1) is 8.22. The van der Waals surface area contributed by atoms with Crippen molar-refractivity contribution in [1.82, 2.24) is 19.7 Å². The molecule has 0 spiro atoms. The van der Waals surface area contributed by atoms with Gasteiger partial charge in [0.2, 0.25) is 0 Å². The lowest BCUT2D eigenvalue weighted by Crippen LogP contribution is -2.06. The predicted octanol–water partition coefficient (Wildman–Crippen LogP) is 2.12. The van der Waals surface area contributed by atoms with Gasteiger partial charge in [-0.2, -0.15) is 5.10 Å². The molecule has 7 heteroatoms. The van der Waals surface area contributed by atoms with Crippen molar-refractivity contribution in [3.63, 3.8) is 0 Å². The lowest BCUT2D eigenvalue weighted by molar-refractivity contribution is 0.659. The van der Waals surface area contributed by atoms with Gasteiger partial charge in [-0.25, -0.2) is 9.97 Å². The summed E-state index contributed by atoms with van der Waals surface area (Å²) in [6.45, 7) is 0.543. The van der Waals surface area contributed by atoms with Gasteiger partial charge < -0.3 is 5.73 Å². The Kier molecular flexibility index (Phi) is 2.71. The molecule has 0 aromatic carbocycles. The number of hydrogen-bond acceptors (Lipinski definition) is 5. The highest BCUT2D eigenvalue weighted by atomic mass is 127. The van der Waals surface area contributed by atoms with Gasteiger partial charge in [-0.05, 0) is 34.0 Å². The molecule has 0 bridgehead atoms. The zero-order chi connectivity index (χ0) is 11.8. The predicted molar refractivity (Wildman–Crippen MR) is 75.9 cm³/mol. The van der Waals surface area contributed by atoms with Crippen LogP contribution in [0, 0.1) is 3.57 Å². The molecule has 0 atom stereocenters. The molecule has 0 aliphatic heterocycles. The number of rotatable bonds is 2. The first-order valence-corrected chi connectivity index (χ1v) is 6.86. The van der Waals surface area contributed by atoms with E-state index >= 15 is 0 Å². The highest BCUT2D eigenvalue weighted by Crippen LogP contribution is 2.22. The average molecular weight is 357 g/mol. The molecule has 3 aromatic rings. The molecule has 0 fully saturated rings. The summed E-state index contributed by atoms with van der Waals surface area (Å²) < 4.78 is 2.89. The fourth-order valence-electron chi connectivity index (χ4n) is 1.56. The standard InChI is InChI=1S/C10H8IN5S/c11-6-3-13-16(4-6)5-8-14-9(12)7-1-2-17-10(7)15-8/h1-4H,5H2,(H2,12,14,15). The van der Waals surface area contributed by atoms with Crippen molar-refractivity contribution in [1.29, 1.82) is 0 Å². The molecule has 0 saturated heterocycles. The Hall–Kier alpha value is -1.22. The Labute approximate surface area is 115 Å². The van der Waals surface area contributed by atoms with Gasteiger partial charge in [0.15, 0.2) is 5.82 Å². The number of nitrogens with two attached hydrogens (primary N) is 1. The van der Waals surface area contributed by atoms with Crippen molar-refractivity contribution in [2.75, 3.05) is 5.73 Å². The van der Waals surface area contributed by atoms with E-state index in [1.165, 1.54) is 0 Å². The number of halogens is 1. The third-order valence-corrected chi connectivity index (χ3v) is 3.67. The van der Waals surface area contributed by atoms with E-state index in [1.807, 2.05) is 17.6 Å². The Morgan fingerprint density at radius 3 is 3.06 bits per heavy atom. The van der Waals surface area contributed by atoms with Crippen molar-refractivity contribution < 1.29 is 0 Å². The molecule has 5 nitrogen and oxygen atoms in total. The Bertz CT molecular complexity index is 674. The van der Waals surface area contributed by atoms with Crippen LogP contribution in [0.3, 0.4) is 0 Å². The molecule has 17 heavy (non-hydrogen) atoms. The minimum absolute atomic E-state index is 0.535. The molecule has 3 heterocycles. The van der Waals surface area contributed by atoms with E-state index in [4.69, 9.17) is 5.73 Å². The van der Waals surface area contributed by atoms with Crippen LogP contribution in [0.15, 0.2) is 23.8 Å². The minimum atomic E-state index is 0.535. The van der Waals surface area contributed by atoms with Crippen LogP contribution in [-0.4, -0.2) is 19.7 Å². The third kappa shape index (κ3) is 2.12. The normalized spacial score (nSPS) is 11.1. The number of fused-ring (bicyclic) bond motifs is 1. The summed E-state index contributed by atoms with van der Waals surface area (Å²) in [7, 11) is 0. The van der Waals surface area contributed by atoms with Crippen molar-refractivity contribution in [2.24, 2.45) is 0 Å². The first kappa shape index (κ1) is 10.9. The highest BCUT2D eigenvalue weighted by Gasteiger charge is 2.07. The molecule has 0 amide bonds.